The number of halogens is 3. The lowest BCUT2D eigenvalue weighted by atomic mass is 9.98. The maximum absolute atomic E-state index is 13.6. The van der Waals surface area contributed by atoms with Crippen molar-refractivity contribution in [3.63, 3.8) is 0 Å². The molecule has 7 heterocycles. The van der Waals surface area contributed by atoms with Gasteiger partial charge in [-0.2, -0.15) is 34.7 Å². The molecule has 2 saturated heterocycles. The summed E-state index contributed by atoms with van der Waals surface area (Å²) in [4.78, 5) is 34.5. The zero-order valence-electron chi connectivity index (χ0n) is 39.6. The second kappa shape index (κ2) is 20.1. The van der Waals surface area contributed by atoms with Crippen LogP contribution in [0.3, 0.4) is 0 Å². The SMILES string of the molecule is CC1CCN(C(=O)c2ccc3c(c2)c2c(n3S(=O)(=O)n3cc[n+](C)c3)CCN(C)C2)CC1.CCNS(=O)(=O)n1c2c(c3cc(C(=O)N4CCC(C)CC4)ccc31)CN(C)CC2.O=S(=O)([O-])C(F)(F)F. The standard InChI is InChI=1S/C23H30N5O3S.C21H30N4O3S.CHF3O3S/c1-17-6-10-26(11-7-17)23(29)18-4-5-21-19(14-18)20-15-24(2)9-8-22(20)28(21)32(30,31)27-13-12-25(3)16-27;1-4-22-29(27,28)25-19-6-5-16(21(26)24-11-7-15(2)8-12-24)13-17(19)18-14-23(3)10-9-20(18)25;2-1(3,4)8(5,6)7/h4-5,12-14,16-17H,6-11,15H2,1-3H3;5-6,13,15,22H,4,7-12,14H2,1-3H3;(H,5,6,7)/q+1;;/p-1. The van der Waals surface area contributed by atoms with Crippen molar-refractivity contribution in [1.82, 2.24) is 36.2 Å². The van der Waals surface area contributed by atoms with Crippen molar-refractivity contribution >= 4 is 64.2 Å². The van der Waals surface area contributed by atoms with Gasteiger partial charge in [0.25, 0.3) is 18.1 Å². The largest absolute Gasteiger partial charge is 0.741 e. The zero-order valence-corrected chi connectivity index (χ0v) is 42.0. The van der Waals surface area contributed by atoms with Crippen LogP contribution in [-0.4, -0.2) is 139 Å². The predicted molar refractivity (Wildman–Crippen MR) is 252 cm³/mol. The van der Waals surface area contributed by atoms with Crippen LogP contribution in [-0.2, 0) is 63.5 Å². The minimum Gasteiger partial charge on any atom is -0.741 e. The highest BCUT2D eigenvalue weighted by molar-refractivity contribution is 7.88. The molecule has 5 aromatic rings. The highest BCUT2D eigenvalue weighted by atomic mass is 32.2. The number of benzene rings is 2. The van der Waals surface area contributed by atoms with E-state index < -0.39 is 36.0 Å². The normalized spacial score (nSPS) is 18.1. The van der Waals surface area contributed by atoms with E-state index in [-0.39, 0.29) is 11.8 Å². The van der Waals surface area contributed by atoms with Crippen LogP contribution in [0.5, 0.6) is 0 Å². The van der Waals surface area contributed by atoms with Gasteiger partial charge in [-0.05, 0) is 99.1 Å². The van der Waals surface area contributed by atoms with Crippen LogP contribution in [0.4, 0.5) is 13.2 Å². The van der Waals surface area contributed by atoms with Crippen LogP contribution in [0.2, 0.25) is 0 Å². The summed E-state index contributed by atoms with van der Waals surface area (Å²) < 4.78 is 120. The number of imidazole rings is 1. The van der Waals surface area contributed by atoms with Gasteiger partial charge in [-0.3, -0.25) is 9.59 Å². The maximum atomic E-state index is 13.6. The molecule has 378 valence electrons. The molecule has 0 spiro atoms. The number of likely N-dealkylation sites (N-methyl/N-ethyl adjacent to an activating group) is 2. The smallest absolute Gasteiger partial charge is 0.485 e. The predicted octanol–water partition coefficient (Wildman–Crippen LogP) is 4.02. The molecular formula is C45H60F3N9O9S3. The quantitative estimate of drug-likeness (QED) is 0.140. The number of carbonyl (C=O) groups is 2. The Hall–Kier alpha value is -4.85. The van der Waals surface area contributed by atoms with E-state index in [9.17, 15) is 39.6 Å². The van der Waals surface area contributed by atoms with E-state index in [1.165, 1.54) is 11.9 Å². The first-order valence-electron chi connectivity index (χ1n) is 22.9. The highest BCUT2D eigenvalue weighted by Gasteiger charge is 2.37. The lowest BCUT2D eigenvalue weighted by molar-refractivity contribution is -0.670. The summed E-state index contributed by atoms with van der Waals surface area (Å²) in [6.07, 6.45) is 10.2. The molecule has 2 amide bonds. The Morgan fingerprint density at radius 2 is 1.14 bits per heavy atom. The van der Waals surface area contributed by atoms with E-state index >= 15 is 0 Å². The zero-order chi connectivity index (χ0) is 50.4. The topological polar surface area (TPSA) is 203 Å². The van der Waals surface area contributed by atoms with Gasteiger partial charge >= 0.3 is 25.9 Å². The van der Waals surface area contributed by atoms with Crippen LogP contribution in [0.15, 0.2) is 55.1 Å². The number of piperidine rings is 2. The van der Waals surface area contributed by atoms with Gasteiger partial charge in [0.2, 0.25) is 0 Å². The average molecular weight is 1020 g/mol. The van der Waals surface area contributed by atoms with Crippen molar-refractivity contribution in [2.75, 3.05) is 59.9 Å². The Morgan fingerprint density at radius 1 is 0.725 bits per heavy atom. The number of alkyl halides is 3. The highest BCUT2D eigenvalue weighted by Crippen LogP contribution is 2.35. The third-order valence-corrected chi connectivity index (χ3v) is 17.1. The van der Waals surface area contributed by atoms with Crippen molar-refractivity contribution in [1.29, 1.82) is 0 Å². The van der Waals surface area contributed by atoms with Gasteiger partial charge in [0.05, 0.1) is 18.1 Å². The summed E-state index contributed by atoms with van der Waals surface area (Å²) in [5, 5.41) is 1.71. The Balaban J connectivity index is 0.000000177. The fourth-order valence-corrected chi connectivity index (χ4v) is 12.4. The number of rotatable bonds is 7. The lowest BCUT2D eigenvalue weighted by Gasteiger charge is -2.30. The van der Waals surface area contributed by atoms with E-state index in [1.807, 2.05) is 36.0 Å². The molecule has 0 saturated carbocycles. The van der Waals surface area contributed by atoms with Crippen LogP contribution < -0.4 is 9.29 Å². The second-order valence-corrected chi connectivity index (χ2v) is 23.2. The molecule has 69 heavy (non-hydrogen) atoms. The second-order valence-electron chi connectivity index (χ2n) is 18.6. The van der Waals surface area contributed by atoms with E-state index in [0.717, 1.165) is 98.2 Å². The molecule has 2 fully saturated rings. The number of carbonyl (C=O) groups excluding carboxylic acids is 2. The number of nitrogens with zero attached hydrogens (tertiary/aromatic N) is 8. The Kier molecular flexibility index (Phi) is 15.1. The number of hydrogen-bond acceptors (Lipinski definition) is 11. The molecular weight excluding hydrogens is 964 g/mol. The van der Waals surface area contributed by atoms with Gasteiger partial charge in [0.1, 0.15) is 12.4 Å². The van der Waals surface area contributed by atoms with Crippen LogP contribution in [0, 0.1) is 11.8 Å². The fourth-order valence-electron chi connectivity index (χ4n) is 9.40. The van der Waals surface area contributed by atoms with Crippen LogP contribution in [0.25, 0.3) is 21.8 Å². The Bertz CT molecular complexity index is 3080. The van der Waals surface area contributed by atoms with E-state index in [1.54, 1.807) is 61.5 Å². The molecule has 2 aromatic carbocycles. The Morgan fingerprint density at radius 3 is 1.54 bits per heavy atom. The molecule has 0 atom stereocenters. The van der Waals surface area contributed by atoms with Crippen molar-refractivity contribution in [3.05, 3.63) is 88.8 Å². The summed E-state index contributed by atoms with van der Waals surface area (Å²) >= 11 is 0. The van der Waals surface area contributed by atoms with Gasteiger partial charge in [0, 0.05) is 105 Å². The van der Waals surface area contributed by atoms with Crippen molar-refractivity contribution in [3.8, 4) is 0 Å². The molecule has 9 rings (SSSR count). The summed E-state index contributed by atoms with van der Waals surface area (Å²) in [6, 6.07) is 10.9. The fraction of sp³-hybridized carbons (Fsp3) is 0.533. The first-order chi connectivity index (χ1) is 32.3. The van der Waals surface area contributed by atoms with E-state index in [4.69, 9.17) is 13.0 Å². The first kappa shape index (κ1) is 52.0. The van der Waals surface area contributed by atoms with Gasteiger partial charge in [0.15, 0.2) is 10.1 Å². The van der Waals surface area contributed by atoms with Gasteiger partial charge in [-0.15, -0.1) is 3.97 Å². The average Bonchev–Trinajstić information content (AvgIpc) is 3.98. The first-order valence-corrected chi connectivity index (χ1v) is 27.2. The number of hydrogen-bond donors (Lipinski definition) is 1. The minimum absolute atomic E-state index is 0.0322. The van der Waals surface area contributed by atoms with Crippen molar-refractivity contribution in [2.24, 2.45) is 18.9 Å². The van der Waals surface area contributed by atoms with Gasteiger partial charge < -0.3 is 24.2 Å². The summed E-state index contributed by atoms with van der Waals surface area (Å²) in [6.45, 7) is 12.6. The van der Waals surface area contributed by atoms with Gasteiger partial charge in [-0.25, -0.2) is 20.9 Å². The number of aromatic nitrogens is 4. The number of amides is 2. The molecule has 0 radical (unpaired) electrons. The Labute approximate surface area is 401 Å². The summed E-state index contributed by atoms with van der Waals surface area (Å²) in [5.41, 5.74) is 0.549. The molecule has 4 aliphatic heterocycles. The van der Waals surface area contributed by atoms with Crippen LogP contribution in [0.1, 0.15) is 89.7 Å². The number of aryl methyl sites for hydroxylation is 1. The number of nitrogens with one attached hydrogen (secondary N) is 1. The lowest BCUT2D eigenvalue weighted by Crippen LogP contribution is -2.37. The van der Waals surface area contributed by atoms with E-state index in [2.05, 4.69) is 28.4 Å². The molecule has 3 aromatic heterocycles. The molecule has 0 aliphatic carbocycles. The monoisotopic (exact) mass is 1020 g/mol. The molecule has 4 aliphatic rings. The number of fused-ring (bicyclic) bond motifs is 6. The minimum atomic E-state index is -6.09. The van der Waals surface area contributed by atoms with E-state index in [0.29, 0.717) is 66.5 Å². The van der Waals surface area contributed by atoms with Crippen molar-refractivity contribution in [2.45, 2.75) is 77.9 Å². The molecule has 0 bridgehead atoms. The molecule has 18 nitrogen and oxygen atoms in total. The molecule has 1 N–H and O–H groups in total. The maximum Gasteiger partial charge on any atom is 0.485 e. The molecule has 24 heteroatoms. The molecule has 0 unspecified atom stereocenters. The van der Waals surface area contributed by atoms with Crippen LogP contribution >= 0.6 is 0 Å². The third kappa shape index (κ3) is 10.9. The number of likely N-dealkylation sites (tertiary alicyclic amines) is 2. The van der Waals surface area contributed by atoms with Gasteiger partial charge in [-0.1, -0.05) is 20.8 Å². The van der Waals surface area contributed by atoms with Crippen molar-refractivity contribution < 1.29 is 57.1 Å². The summed E-state index contributed by atoms with van der Waals surface area (Å²) in [7, 11) is -7.70. The summed E-state index contributed by atoms with van der Waals surface area (Å²) in [5.74, 6) is 1.39. The third-order valence-electron chi connectivity index (χ3n) is 13.3.